The monoisotopic (exact) mass is 428 g/mol. The Morgan fingerprint density at radius 1 is 1.13 bits per heavy atom. The lowest BCUT2D eigenvalue weighted by atomic mass is 9.94. The first-order valence-corrected chi connectivity index (χ1v) is 8.78. The molecule has 2 aromatic rings. The molecule has 0 spiro atoms. The SMILES string of the molecule is O=C([O-])N1C(=O)OC(c2ccc(F)cc2)C1Cc1cccc(CC(F)(F)C(F)F)c1. The second kappa shape index (κ2) is 8.29. The van der Waals surface area contributed by atoms with Gasteiger partial charge >= 0.3 is 18.4 Å². The normalized spacial score (nSPS) is 19.3. The maximum Gasteiger partial charge on any atom is 0.416 e. The Hall–Kier alpha value is -3.17. The molecule has 1 aliphatic rings. The van der Waals surface area contributed by atoms with Crippen molar-refractivity contribution >= 4 is 12.2 Å². The lowest BCUT2D eigenvalue weighted by Crippen LogP contribution is -2.47. The van der Waals surface area contributed by atoms with Gasteiger partial charge in [0.1, 0.15) is 18.0 Å². The number of alkyl halides is 4. The van der Waals surface area contributed by atoms with Crippen LogP contribution in [0, 0.1) is 5.82 Å². The Balaban J connectivity index is 1.89. The Morgan fingerprint density at radius 2 is 1.77 bits per heavy atom. The quantitative estimate of drug-likeness (QED) is 0.658. The molecule has 1 aliphatic heterocycles. The average molecular weight is 428 g/mol. The van der Waals surface area contributed by atoms with Crippen LogP contribution >= 0.6 is 0 Å². The van der Waals surface area contributed by atoms with Gasteiger partial charge in [-0.2, -0.15) is 8.78 Å². The highest BCUT2D eigenvalue weighted by Gasteiger charge is 2.44. The first kappa shape index (κ1) is 21.5. The van der Waals surface area contributed by atoms with Crippen molar-refractivity contribution in [1.29, 1.82) is 0 Å². The molecule has 2 unspecified atom stereocenters. The van der Waals surface area contributed by atoms with E-state index in [2.05, 4.69) is 0 Å². The number of hydrogen-bond acceptors (Lipinski definition) is 4. The first-order valence-electron chi connectivity index (χ1n) is 8.78. The highest BCUT2D eigenvalue weighted by Crippen LogP contribution is 2.35. The van der Waals surface area contributed by atoms with E-state index in [0.717, 1.165) is 12.1 Å². The summed E-state index contributed by atoms with van der Waals surface area (Å²) >= 11 is 0. The summed E-state index contributed by atoms with van der Waals surface area (Å²) in [6, 6.07) is 9.03. The predicted octanol–water partition coefficient (Wildman–Crippen LogP) is 3.72. The van der Waals surface area contributed by atoms with Crippen LogP contribution in [0.1, 0.15) is 22.8 Å². The summed E-state index contributed by atoms with van der Waals surface area (Å²) in [7, 11) is 0. The van der Waals surface area contributed by atoms with Gasteiger partial charge in [-0.15, -0.1) is 0 Å². The molecule has 0 aromatic heterocycles. The molecule has 0 radical (unpaired) electrons. The van der Waals surface area contributed by atoms with Gasteiger partial charge < -0.3 is 14.6 Å². The molecule has 1 heterocycles. The molecule has 2 aromatic carbocycles. The maximum absolute atomic E-state index is 13.4. The van der Waals surface area contributed by atoms with Crippen molar-refractivity contribution in [2.75, 3.05) is 0 Å². The fourth-order valence-electron chi connectivity index (χ4n) is 3.32. The Labute approximate surface area is 167 Å². The van der Waals surface area contributed by atoms with Crippen LogP contribution in [-0.4, -0.2) is 35.5 Å². The van der Waals surface area contributed by atoms with Gasteiger partial charge in [0.2, 0.25) is 0 Å². The number of rotatable bonds is 6. The number of cyclic esters (lactones) is 1. The summed E-state index contributed by atoms with van der Waals surface area (Å²) < 4.78 is 70.0. The third kappa shape index (κ3) is 4.52. The molecule has 2 amide bonds. The fraction of sp³-hybridized carbons (Fsp3) is 0.300. The first-order chi connectivity index (χ1) is 14.1. The number of carboxylic acid groups (broad SMARTS) is 1. The summed E-state index contributed by atoms with van der Waals surface area (Å²) in [5.74, 6) is -4.78. The minimum Gasteiger partial charge on any atom is -0.529 e. The number of imide groups is 1. The summed E-state index contributed by atoms with van der Waals surface area (Å²) in [5, 5.41) is 11.4. The highest BCUT2D eigenvalue weighted by molar-refractivity contribution is 5.88. The maximum atomic E-state index is 13.4. The second-order valence-electron chi connectivity index (χ2n) is 6.82. The van der Waals surface area contributed by atoms with Crippen LogP contribution in [0.5, 0.6) is 0 Å². The number of amides is 2. The third-order valence-corrected chi connectivity index (χ3v) is 4.70. The minimum absolute atomic E-state index is 0.0821. The summed E-state index contributed by atoms with van der Waals surface area (Å²) in [6.07, 6.45) is -9.30. The fourth-order valence-corrected chi connectivity index (χ4v) is 3.32. The molecule has 2 atom stereocenters. The number of ether oxygens (including phenoxy) is 1. The predicted molar refractivity (Wildman–Crippen MR) is 91.4 cm³/mol. The molecule has 0 aliphatic carbocycles. The third-order valence-electron chi connectivity index (χ3n) is 4.70. The van der Waals surface area contributed by atoms with E-state index in [1.807, 2.05) is 0 Å². The van der Waals surface area contributed by atoms with E-state index in [-0.39, 0.29) is 12.0 Å². The van der Waals surface area contributed by atoms with Crippen molar-refractivity contribution in [3.8, 4) is 0 Å². The molecule has 5 nitrogen and oxygen atoms in total. The Bertz CT molecular complexity index is 935. The van der Waals surface area contributed by atoms with Gasteiger partial charge in [0.05, 0.1) is 6.04 Å². The zero-order valence-corrected chi connectivity index (χ0v) is 15.2. The van der Waals surface area contributed by atoms with E-state index in [1.54, 1.807) is 0 Å². The van der Waals surface area contributed by atoms with E-state index in [1.165, 1.54) is 36.4 Å². The Kier molecular flexibility index (Phi) is 5.95. The smallest absolute Gasteiger partial charge is 0.416 e. The molecule has 1 fully saturated rings. The van der Waals surface area contributed by atoms with Crippen LogP contribution in [0.15, 0.2) is 48.5 Å². The Morgan fingerprint density at radius 3 is 2.37 bits per heavy atom. The highest BCUT2D eigenvalue weighted by atomic mass is 19.3. The lowest BCUT2D eigenvalue weighted by Gasteiger charge is -2.25. The number of benzene rings is 2. The molecule has 0 saturated carbocycles. The van der Waals surface area contributed by atoms with Gasteiger partial charge in [-0.1, -0.05) is 36.4 Å². The van der Waals surface area contributed by atoms with Crippen LogP contribution in [0.3, 0.4) is 0 Å². The summed E-state index contributed by atoms with van der Waals surface area (Å²) in [5.41, 5.74) is 0.555. The van der Waals surface area contributed by atoms with Crippen molar-refractivity contribution in [2.45, 2.75) is 37.3 Å². The van der Waals surface area contributed by atoms with Crippen molar-refractivity contribution in [1.82, 2.24) is 4.90 Å². The van der Waals surface area contributed by atoms with Gasteiger partial charge in [-0.05, 0) is 35.2 Å². The van der Waals surface area contributed by atoms with E-state index in [9.17, 15) is 36.6 Å². The van der Waals surface area contributed by atoms with E-state index >= 15 is 0 Å². The van der Waals surface area contributed by atoms with Crippen LogP contribution in [-0.2, 0) is 17.6 Å². The van der Waals surface area contributed by atoms with Crippen molar-refractivity contribution < 1.29 is 41.4 Å². The molecule has 0 bridgehead atoms. The molecule has 0 N–H and O–H groups in total. The van der Waals surface area contributed by atoms with Gasteiger partial charge in [-0.3, -0.25) is 4.90 Å². The molecular formula is C20H15F5NO4-. The summed E-state index contributed by atoms with van der Waals surface area (Å²) in [6.45, 7) is 0. The number of carbonyl (C=O) groups excluding carboxylic acids is 2. The molecule has 160 valence electrons. The van der Waals surface area contributed by atoms with Gasteiger partial charge in [0.25, 0.3) is 0 Å². The van der Waals surface area contributed by atoms with Crippen molar-refractivity contribution in [3.63, 3.8) is 0 Å². The van der Waals surface area contributed by atoms with Crippen LogP contribution in [0.25, 0.3) is 0 Å². The number of carbonyl (C=O) groups is 2. The van der Waals surface area contributed by atoms with Crippen LogP contribution in [0.4, 0.5) is 31.5 Å². The number of nitrogens with zero attached hydrogens (tertiary/aromatic N) is 1. The molecule has 1 saturated heterocycles. The van der Waals surface area contributed by atoms with Crippen LogP contribution < -0.4 is 5.11 Å². The average Bonchev–Trinajstić information content (AvgIpc) is 2.98. The van der Waals surface area contributed by atoms with E-state index in [0.29, 0.717) is 16.0 Å². The summed E-state index contributed by atoms with van der Waals surface area (Å²) in [4.78, 5) is 23.8. The minimum atomic E-state index is -4.22. The second-order valence-corrected chi connectivity index (χ2v) is 6.82. The molecule has 10 heteroatoms. The number of hydrogen-bond donors (Lipinski definition) is 0. The van der Waals surface area contributed by atoms with E-state index < -0.39 is 48.9 Å². The lowest BCUT2D eigenvalue weighted by molar-refractivity contribution is -0.262. The van der Waals surface area contributed by atoms with Gasteiger partial charge in [-0.25, -0.2) is 18.0 Å². The van der Waals surface area contributed by atoms with Crippen LogP contribution in [0.2, 0.25) is 0 Å². The zero-order chi connectivity index (χ0) is 22.1. The van der Waals surface area contributed by atoms with Crippen molar-refractivity contribution in [3.05, 3.63) is 71.0 Å². The largest absolute Gasteiger partial charge is 0.529 e. The zero-order valence-electron chi connectivity index (χ0n) is 15.2. The van der Waals surface area contributed by atoms with Gasteiger partial charge in [0, 0.05) is 6.42 Å². The molecular weight excluding hydrogens is 413 g/mol. The topological polar surface area (TPSA) is 69.7 Å². The van der Waals surface area contributed by atoms with Gasteiger partial charge in [0.15, 0.2) is 0 Å². The van der Waals surface area contributed by atoms with E-state index in [4.69, 9.17) is 4.74 Å². The van der Waals surface area contributed by atoms with Crippen molar-refractivity contribution in [2.24, 2.45) is 0 Å². The number of halogens is 5. The molecule has 30 heavy (non-hydrogen) atoms. The molecule has 3 rings (SSSR count). The standard InChI is InChI=1S/C20H16F5NO4/c21-14-6-4-13(5-7-14)16-15(26(18(27)28)19(29)30-16)9-11-2-1-3-12(8-11)10-20(24,25)17(22)23/h1-8,15-17H,9-10H2,(H,27,28)/p-1.